The van der Waals surface area contributed by atoms with Gasteiger partial charge < -0.3 is 10.4 Å². The summed E-state index contributed by atoms with van der Waals surface area (Å²) in [5.41, 5.74) is 0.434. The van der Waals surface area contributed by atoms with Crippen molar-refractivity contribution >= 4 is 39.3 Å². The van der Waals surface area contributed by atoms with Gasteiger partial charge in [0, 0.05) is 16.1 Å². The zero-order valence-corrected chi connectivity index (χ0v) is 15.0. The van der Waals surface area contributed by atoms with Gasteiger partial charge in [-0.3, -0.25) is 14.2 Å². The highest BCUT2D eigenvalue weighted by molar-refractivity contribution is 9.10. The molecular formula is C16H15BrClN3O3. The SMILES string of the molecule is O=C(O)Cn1c(-c2cccc(Br)c2)c(Cl)nc(NC2CCC2)c1=O. The van der Waals surface area contributed by atoms with E-state index in [1.54, 1.807) is 18.2 Å². The fraction of sp³-hybridized carbons (Fsp3) is 0.312. The largest absolute Gasteiger partial charge is 0.480 e. The fourth-order valence-corrected chi connectivity index (χ4v) is 3.27. The van der Waals surface area contributed by atoms with Crippen LogP contribution in [0.3, 0.4) is 0 Å². The van der Waals surface area contributed by atoms with Crippen LogP contribution in [0.4, 0.5) is 5.82 Å². The van der Waals surface area contributed by atoms with Crippen LogP contribution in [0, 0.1) is 0 Å². The van der Waals surface area contributed by atoms with E-state index in [0.717, 1.165) is 28.3 Å². The zero-order chi connectivity index (χ0) is 17.3. The first-order valence-electron chi connectivity index (χ1n) is 7.50. The molecule has 0 atom stereocenters. The first kappa shape index (κ1) is 17.0. The summed E-state index contributed by atoms with van der Waals surface area (Å²) in [5.74, 6) is -1.02. The molecule has 0 bridgehead atoms. The molecule has 0 spiro atoms. The molecule has 1 fully saturated rings. The summed E-state index contributed by atoms with van der Waals surface area (Å²) < 4.78 is 1.95. The predicted octanol–water partition coefficient (Wildman–Crippen LogP) is 3.38. The summed E-state index contributed by atoms with van der Waals surface area (Å²) >= 11 is 9.66. The van der Waals surface area contributed by atoms with E-state index in [1.807, 2.05) is 6.07 Å². The van der Waals surface area contributed by atoms with Crippen LogP contribution in [-0.4, -0.2) is 26.7 Å². The summed E-state index contributed by atoms with van der Waals surface area (Å²) in [6.45, 7) is -0.484. The minimum Gasteiger partial charge on any atom is -0.480 e. The number of carboxylic acid groups (broad SMARTS) is 1. The number of hydrogen-bond donors (Lipinski definition) is 2. The molecule has 126 valence electrons. The summed E-state index contributed by atoms with van der Waals surface area (Å²) in [6.07, 6.45) is 3.03. The van der Waals surface area contributed by atoms with Crippen molar-refractivity contribution in [2.45, 2.75) is 31.8 Å². The van der Waals surface area contributed by atoms with Gasteiger partial charge in [-0.2, -0.15) is 0 Å². The first-order valence-corrected chi connectivity index (χ1v) is 8.67. The third-order valence-electron chi connectivity index (χ3n) is 3.96. The molecule has 6 nitrogen and oxygen atoms in total. The second-order valence-electron chi connectivity index (χ2n) is 5.67. The molecule has 8 heteroatoms. The maximum Gasteiger partial charge on any atom is 0.323 e. The number of hydrogen-bond acceptors (Lipinski definition) is 4. The van der Waals surface area contributed by atoms with Crippen molar-refractivity contribution in [3.63, 3.8) is 0 Å². The van der Waals surface area contributed by atoms with E-state index < -0.39 is 18.1 Å². The second-order valence-corrected chi connectivity index (χ2v) is 6.94. The van der Waals surface area contributed by atoms with Gasteiger partial charge in [-0.25, -0.2) is 4.98 Å². The smallest absolute Gasteiger partial charge is 0.323 e. The minimum absolute atomic E-state index is 0.0933. The van der Waals surface area contributed by atoms with Crippen molar-refractivity contribution in [2.75, 3.05) is 5.32 Å². The van der Waals surface area contributed by atoms with Gasteiger partial charge in [0.05, 0.1) is 5.69 Å². The lowest BCUT2D eigenvalue weighted by Crippen LogP contribution is -2.35. The average molecular weight is 413 g/mol. The lowest BCUT2D eigenvalue weighted by atomic mass is 9.93. The van der Waals surface area contributed by atoms with Crippen molar-refractivity contribution in [3.8, 4) is 11.3 Å². The zero-order valence-electron chi connectivity index (χ0n) is 12.6. The van der Waals surface area contributed by atoms with E-state index in [4.69, 9.17) is 11.6 Å². The molecule has 0 unspecified atom stereocenters. The number of carbonyl (C=O) groups is 1. The number of benzene rings is 1. The number of anilines is 1. The third-order valence-corrected chi connectivity index (χ3v) is 4.72. The number of carboxylic acids is 1. The number of halogens is 2. The monoisotopic (exact) mass is 411 g/mol. The van der Waals surface area contributed by atoms with E-state index in [-0.39, 0.29) is 17.0 Å². The molecule has 1 aliphatic carbocycles. The Morgan fingerprint density at radius 3 is 2.79 bits per heavy atom. The molecule has 3 rings (SSSR count). The van der Waals surface area contributed by atoms with Crippen molar-refractivity contribution < 1.29 is 9.90 Å². The van der Waals surface area contributed by atoms with Crippen molar-refractivity contribution in [1.29, 1.82) is 0 Å². The van der Waals surface area contributed by atoms with Crippen molar-refractivity contribution in [3.05, 3.63) is 44.2 Å². The Morgan fingerprint density at radius 1 is 1.46 bits per heavy atom. The van der Waals surface area contributed by atoms with Gasteiger partial charge in [0.25, 0.3) is 5.56 Å². The van der Waals surface area contributed by atoms with Crippen LogP contribution < -0.4 is 10.9 Å². The lowest BCUT2D eigenvalue weighted by Gasteiger charge is -2.27. The highest BCUT2D eigenvalue weighted by Gasteiger charge is 2.23. The van der Waals surface area contributed by atoms with E-state index in [9.17, 15) is 14.7 Å². The Hall–Kier alpha value is -1.86. The van der Waals surface area contributed by atoms with E-state index in [0.29, 0.717) is 11.3 Å². The Balaban J connectivity index is 2.14. The third kappa shape index (κ3) is 3.47. The summed E-state index contributed by atoms with van der Waals surface area (Å²) in [6, 6.07) is 7.32. The number of nitrogens with zero attached hydrogens (tertiary/aromatic N) is 2. The van der Waals surface area contributed by atoms with E-state index in [2.05, 4.69) is 26.2 Å². The number of rotatable bonds is 5. The highest BCUT2D eigenvalue weighted by atomic mass is 79.9. The molecule has 1 heterocycles. The molecule has 0 saturated heterocycles. The van der Waals surface area contributed by atoms with Crippen LogP contribution in [0.25, 0.3) is 11.3 Å². The normalized spacial score (nSPS) is 14.2. The molecule has 0 radical (unpaired) electrons. The van der Waals surface area contributed by atoms with Gasteiger partial charge in [0.2, 0.25) is 0 Å². The van der Waals surface area contributed by atoms with Crippen LogP contribution >= 0.6 is 27.5 Å². The van der Waals surface area contributed by atoms with Crippen molar-refractivity contribution in [2.24, 2.45) is 0 Å². The summed E-state index contributed by atoms with van der Waals surface area (Å²) in [7, 11) is 0. The Bertz CT molecular complexity index is 849. The quantitative estimate of drug-likeness (QED) is 0.786. The molecule has 2 N–H and O–H groups in total. The topological polar surface area (TPSA) is 84.2 Å². The van der Waals surface area contributed by atoms with Crippen LogP contribution in [0.5, 0.6) is 0 Å². The van der Waals surface area contributed by atoms with Gasteiger partial charge in [-0.15, -0.1) is 0 Å². The van der Waals surface area contributed by atoms with Crippen LogP contribution in [0.15, 0.2) is 33.5 Å². The van der Waals surface area contributed by atoms with E-state index in [1.165, 1.54) is 0 Å². The minimum atomic E-state index is -1.12. The Morgan fingerprint density at radius 2 is 2.21 bits per heavy atom. The van der Waals surface area contributed by atoms with Gasteiger partial charge in [-0.05, 0) is 31.4 Å². The van der Waals surface area contributed by atoms with Gasteiger partial charge in [-0.1, -0.05) is 39.7 Å². The fourth-order valence-electron chi connectivity index (χ4n) is 2.58. The molecule has 1 aromatic carbocycles. The van der Waals surface area contributed by atoms with Gasteiger partial charge in [0.1, 0.15) is 6.54 Å². The van der Waals surface area contributed by atoms with Crippen LogP contribution in [0.2, 0.25) is 5.15 Å². The Kier molecular flexibility index (Phi) is 4.91. The molecule has 24 heavy (non-hydrogen) atoms. The number of aromatic nitrogens is 2. The molecule has 1 aliphatic rings. The van der Waals surface area contributed by atoms with Crippen LogP contribution in [0.1, 0.15) is 19.3 Å². The van der Waals surface area contributed by atoms with E-state index >= 15 is 0 Å². The molecule has 0 aliphatic heterocycles. The van der Waals surface area contributed by atoms with Gasteiger partial charge in [0.15, 0.2) is 11.0 Å². The lowest BCUT2D eigenvalue weighted by molar-refractivity contribution is -0.137. The molecule has 0 amide bonds. The second kappa shape index (κ2) is 6.94. The maximum absolute atomic E-state index is 12.7. The first-order chi connectivity index (χ1) is 11.5. The molecule has 1 saturated carbocycles. The standard InChI is InChI=1S/C16H15BrClN3O3/c17-10-4-1-3-9(7-10)13-14(18)20-15(19-11-5-2-6-11)16(24)21(13)8-12(22)23/h1,3-4,7,11H,2,5-6,8H2,(H,19,20)(H,22,23). The maximum atomic E-state index is 12.7. The van der Waals surface area contributed by atoms with Gasteiger partial charge >= 0.3 is 5.97 Å². The average Bonchev–Trinajstić information content (AvgIpc) is 2.47. The summed E-state index contributed by atoms with van der Waals surface area (Å²) in [4.78, 5) is 28.1. The highest BCUT2D eigenvalue weighted by Crippen LogP contribution is 2.29. The summed E-state index contributed by atoms with van der Waals surface area (Å²) in [5, 5.41) is 12.3. The number of aliphatic carboxylic acids is 1. The molecular weight excluding hydrogens is 398 g/mol. The van der Waals surface area contributed by atoms with Crippen LogP contribution in [-0.2, 0) is 11.3 Å². The number of nitrogens with one attached hydrogen (secondary N) is 1. The molecule has 1 aromatic heterocycles. The van der Waals surface area contributed by atoms with Crippen molar-refractivity contribution in [1.82, 2.24) is 9.55 Å². The molecule has 2 aromatic rings. The predicted molar refractivity (Wildman–Crippen MR) is 95.5 cm³/mol. The Labute approximate surface area is 151 Å².